The van der Waals surface area contributed by atoms with Crippen LogP contribution in [0.5, 0.6) is 0 Å². The molecule has 1 aliphatic heterocycles. The number of piperazine rings is 1. The number of hydrogen-bond acceptors (Lipinski definition) is 4. The Kier molecular flexibility index (Phi) is 3.51. The molecule has 0 saturated carbocycles. The summed E-state index contributed by atoms with van der Waals surface area (Å²) in [5, 5.41) is 3.43. The minimum Gasteiger partial charge on any atom is -0.446 e. The molecule has 1 aromatic heterocycles. The van der Waals surface area contributed by atoms with E-state index in [4.69, 9.17) is 4.42 Å². The standard InChI is InChI=1S/C12H21N3O/c1-10-4-5-12(16-10)15(3)9-11-8-13-6-7-14(11)2/h4-5,11,13H,6-9H2,1-3H3. The van der Waals surface area contributed by atoms with Crippen LogP contribution in [0.3, 0.4) is 0 Å². The number of rotatable bonds is 3. The molecule has 0 radical (unpaired) electrons. The molecule has 1 aromatic rings. The van der Waals surface area contributed by atoms with E-state index in [2.05, 4.69) is 29.2 Å². The van der Waals surface area contributed by atoms with Crippen LogP contribution >= 0.6 is 0 Å². The smallest absolute Gasteiger partial charge is 0.195 e. The average Bonchev–Trinajstić information content (AvgIpc) is 2.68. The highest BCUT2D eigenvalue weighted by Gasteiger charge is 2.20. The van der Waals surface area contributed by atoms with Crippen molar-refractivity contribution in [3.63, 3.8) is 0 Å². The minimum absolute atomic E-state index is 0.559. The molecule has 1 fully saturated rings. The lowest BCUT2D eigenvalue weighted by atomic mass is 10.2. The first-order valence-electron chi connectivity index (χ1n) is 5.85. The second-order valence-corrected chi connectivity index (χ2v) is 4.60. The second-order valence-electron chi connectivity index (χ2n) is 4.60. The van der Waals surface area contributed by atoms with Crippen LogP contribution in [-0.4, -0.2) is 51.2 Å². The van der Waals surface area contributed by atoms with Gasteiger partial charge < -0.3 is 14.6 Å². The first kappa shape index (κ1) is 11.5. The molecular weight excluding hydrogens is 202 g/mol. The van der Waals surface area contributed by atoms with E-state index in [0.29, 0.717) is 6.04 Å². The van der Waals surface area contributed by atoms with Gasteiger partial charge >= 0.3 is 0 Å². The zero-order valence-electron chi connectivity index (χ0n) is 10.4. The van der Waals surface area contributed by atoms with Crippen LogP contribution in [0, 0.1) is 6.92 Å². The van der Waals surface area contributed by atoms with Gasteiger partial charge in [-0.2, -0.15) is 0 Å². The topological polar surface area (TPSA) is 31.6 Å². The SMILES string of the molecule is Cc1ccc(N(C)CC2CNCCN2C)o1. The molecule has 0 aliphatic carbocycles. The predicted molar refractivity (Wildman–Crippen MR) is 66.0 cm³/mol. The first-order chi connectivity index (χ1) is 7.66. The zero-order chi connectivity index (χ0) is 11.5. The molecule has 1 N–H and O–H groups in total. The van der Waals surface area contributed by atoms with Gasteiger partial charge in [-0.15, -0.1) is 0 Å². The van der Waals surface area contributed by atoms with E-state index in [-0.39, 0.29) is 0 Å². The first-order valence-corrected chi connectivity index (χ1v) is 5.85. The third kappa shape index (κ3) is 2.57. The Balaban J connectivity index is 1.93. The molecule has 2 heterocycles. The zero-order valence-corrected chi connectivity index (χ0v) is 10.4. The molecule has 0 amide bonds. The molecule has 0 bridgehead atoms. The summed E-state index contributed by atoms with van der Waals surface area (Å²) in [6, 6.07) is 4.60. The molecule has 1 aliphatic rings. The number of aryl methyl sites for hydroxylation is 1. The van der Waals surface area contributed by atoms with Crippen molar-refractivity contribution in [2.75, 3.05) is 45.2 Å². The fourth-order valence-corrected chi connectivity index (χ4v) is 2.10. The Morgan fingerprint density at radius 1 is 1.56 bits per heavy atom. The molecule has 4 heteroatoms. The molecule has 1 atom stereocenters. The monoisotopic (exact) mass is 223 g/mol. The quantitative estimate of drug-likeness (QED) is 0.826. The van der Waals surface area contributed by atoms with E-state index in [1.807, 2.05) is 19.1 Å². The van der Waals surface area contributed by atoms with Gasteiger partial charge in [-0.3, -0.25) is 4.90 Å². The van der Waals surface area contributed by atoms with E-state index in [1.54, 1.807) is 0 Å². The van der Waals surface area contributed by atoms with E-state index >= 15 is 0 Å². The molecule has 1 saturated heterocycles. The van der Waals surface area contributed by atoms with E-state index in [1.165, 1.54) is 0 Å². The van der Waals surface area contributed by atoms with Crippen molar-refractivity contribution >= 4 is 5.88 Å². The Bertz CT molecular complexity index is 337. The van der Waals surface area contributed by atoms with Crippen molar-refractivity contribution in [3.8, 4) is 0 Å². The Labute approximate surface area is 97.2 Å². The van der Waals surface area contributed by atoms with Gasteiger partial charge in [0.25, 0.3) is 0 Å². The maximum Gasteiger partial charge on any atom is 0.195 e. The summed E-state index contributed by atoms with van der Waals surface area (Å²) < 4.78 is 5.61. The number of furan rings is 1. The van der Waals surface area contributed by atoms with Crippen LogP contribution in [0.25, 0.3) is 0 Å². The van der Waals surface area contributed by atoms with E-state index < -0.39 is 0 Å². The van der Waals surface area contributed by atoms with Gasteiger partial charge in [-0.1, -0.05) is 0 Å². The third-order valence-corrected chi connectivity index (χ3v) is 3.23. The molecule has 90 valence electrons. The number of nitrogens with one attached hydrogen (secondary N) is 1. The highest BCUT2D eigenvalue weighted by Crippen LogP contribution is 2.17. The number of anilines is 1. The predicted octanol–water partition coefficient (Wildman–Crippen LogP) is 0.928. The van der Waals surface area contributed by atoms with Crippen molar-refractivity contribution in [2.24, 2.45) is 0 Å². The van der Waals surface area contributed by atoms with Crippen LogP contribution in [0.4, 0.5) is 5.88 Å². The number of likely N-dealkylation sites (N-methyl/N-ethyl adjacent to an activating group) is 2. The lowest BCUT2D eigenvalue weighted by molar-refractivity contribution is 0.203. The number of hydrogen-bond donors (Lipinski definition) is 1. The summed E-state index contributed by atoms with van der Waals surface area (Å²) in [4.78, 5) is 4.59. The molecule has 2 rings (SSSR count). The summed E-state index contributed by atoms with van der Waals surface area (Å²) in [5.74, 6) is 1.92. The fourth-order valence-electron chi connectivity index (χ4n) is 2.10. The average molecular weight is 223 g/mol. The van der Waals surface area contributed by atoms with Crippen molar-refractivity contribution in [2.45, 2.75) is 13.0 Å². The summed E-state index contributed by atoms with van der Waals surface area (Å²) in [5.41, 5.74) is 0. The van der Waals surface area contributed by atoms with Crippen LogP contribution in [0.15, 0.2) is 16.5 Å². The number of nitrogens with zero attached hydrogens (tertiary/aromatic N) is 2. The van der Waals surface area contributed by atoms with Gasteiger partial charge in [0.05, 0.1) is 0 Å². The van der Waals surface area contributed by atoms with Gasteiger partial charge in [0.15, 0.2) is 5.88 Å². The van der Waals surface area contributed by atoms with Crippen LogP contribution in [0.2, 0.25) is 0 Å². The Hall–Kier alpha value is -1.00. The van der Waals surface area contributed by atoms with Crippen LogP contribution in [0.1, 0.15) is 5.76 Å². The molecule has 1 unspecified atom stereocenters. The fraction of sp³-hybridized carbons (Fsp3) is 0.667. The normalized spacial score (nSPS) is 22.3. The van der Waals surface area contributed by atoms with Gasteiger partial charge in [0.1, 0.15) is 5.76 Å². The van der Waals surface area contributed by atoms with Gasteiger partial charge in [-0.25, -0.2) is 0 Å². The summed E-state index contributed by atoms with van der Waals surface area (Å²) in [6.07, 6.45) is 0. The largest absolute Gasteiger partial charge is 0.446 e. The summed E-state index contributed by atoms with van der Waals surface area (Å²) in [6.45, 7) is 6.24. The highest BCUT2D eigenvalue weighted by atomic mass is 16.4. The van der Waals surface area contributed by atoms with Crippen molar-refractivity contribution in [1.82, 2.24) is 10.2 Å². The molecular formula is C12H21N3O. The van der Waals surface area contributed by atoms with E-state index in [0.717, 1.165) is 37.8 Å². The molecule has 0 aromatic carbocycles. The van der Waals surface area contributed by atoms with Crippen LogP contribution < -0.4 is 10.2 Å². The molecule has 4 nitrogen and oxygen atoms in total. The van der Waals surface area contributed by atoms with Gasteiger partial charge in [0, 0.05) is 45.3 Å². The maximum atomic E-state index is 5.61. The molecule has 16 heavy (non-hydrogen) atoms. The van der Waals surface area contributed by atoms with Crippen molar-refractivity contribution < 1.29 is 4.42 Å². The Morgan fingerprint density at radius 3 is 3.00 bits per heavy atom. The van der Waals surface area contributed by atoms with Crippen LogP contribution in [-0.2, 0) is 0 Å². The highest BCUT2D eigenvalue weighted by molar-refractivity contribution is 5.35. The van der Waals surface area contributed by atoms with Crippen molar-refractivity contribution in [3.05, 3.63) is 17.9 Å². The second kappa shape index (κ2) is 4.89. The lowest BCUT2D eigenvalue weighted by Gasteiger charge is -2.35. The van der Waals surface area contributed by atoms with Gasteiger partial charge in [-0.05, 0) is 20.0 Å². The minimum atomic E-state index is 0.559. The molecule has 0 spiro atoms. The van der Waals surface area contributed by atoms with Crippen molar-refractivity contribution in [1.29, 1.82) is 0 Å². The third-order valence-electron chi connectivity index (χ3n) is 3.23. The van der Waals surface area contributed by atoms with E-state index in [9.17, 15) is 0 Å². The van der Waals surface area contributed by atoms with Gasteiger partial charge in [0.2, 0.25) is 0 Å². The lowest BCUT2D eigenvalue weighted by Crippen LogP contribution is -2.53. The summed E-state index contributed by atoms with van der Waals surface area (Å²) in [7, 11) is 4.27. The summed E-state index contributed by atoms with van der Waals surface area (Å²) >= 11 is 0. The maximum absolute atomic E-state index is 5.61. The Morgan fingerprint density at radius 2 is 2.38 bits per heavy atom.